The Morgan fingerprint density at radius 2 is 2.09 bits per heavy atom. The number of nitrogens with zero attached hydrogens (tertiary/aromatic N) is 4. The summed E-state index contributed by atoms with van der Waals surface area (Å²) in [5, 5.41) is 8.05. The van der Waals surface area contributed by atoms with Gasteiger partial charge in [0.1, 0.15) is 5.82 Å². The van der Waals surface area contributed by atoms with Crippen LogP contribution in [0.3, 0.4) is 0 Å². The number of hydrogen-bond acceptors (Lipinski definition) is 4. The summed E-state index contributed by atoms with van der Waals surface area (Å²) >= 11 is 0. The standard InChI is InChI=1S/C18H29N5/c1-4-5-6-7-10-16-15-20-18-12-11-17(21-23(16)18)19-13-8-9-14-22(2)3/h7,10-12,15H,4-6,8-9,13-14H2,1-3H3,(H,19,21)/b10-7+. The van der Waals surface area contributed by atoms with E-state index in [2.05, 4.69) is 53.5 Å². The minimum atomic E-state index is 0.887. The van der Waals surface area contributed by atoms with Gasteiger partial charge in [-0.1, -0.05) is 25.8 Å². The van der Waals surface area contributed by atoms with Crippen LogP contribution in [0.15, 0.2) is 24.4 Å². The van der Waals surface area contributed by atoms with Crippen LogP contribution in [-0.4, -0.2) is 46.7 Å². The van der Waals surface area contributed by atoms with Gasteiger partial charge >= 0.3 is 0 Å². The molecule has 5 heteroatoms. The zero-order chi connectivity index (χ0) is 16.5. The number of anilines is 1. The molecule has 0 saturated carbocycles. The van der Waals surface area contributed by atoms with Crippen molar-refractivity contribution in [1.82, 2.24) is 19.5 Å². The molecule has 0 aromatic carbocycles. The van der Waals surface area contributed by atoms with E-state index < -0.39 is 0 Å². The van der Waals surface area contributed by atoms with Gasteiger partial charge in [-0.15, -0.1) is 5.10 Å². The maximum atomic E-state index is 4.65. The van der Waals surface area contributed by atoms with Crippen LogP contribution in [0.25, 0.3) is 11.7 Å². The molecule has 0 bridgehead atoms. The molecule has 0 radical (unpaired) electrons. The molecule has 2 aromatic rings. The van der Waals surface area contributed by atoms with Gasteiger partial charge in [0.25, 0.3) is 0 Å². The lowest BCUT2D eigenvalue weighted by Gasteiger charge is -2.09. The molecular weight excluding hydrogens is 286 g/mol. The lowest BCUT2D eigenvalue weighted by molar-refractivity contribution is 0.396. The highest BCUT2D eigenvalue weighted by molar-refractivity contribution is 5.53. The first-order valence-corrected chi connectivity index (χ1v) is 8.60. The molecule has 0 aliphatic rings. The Bertz CT molecular complexity index is 615. The van der Waals surface area contributed by atoms with Crippen molar-refractivity contribution in [3.63, 3.8) is 0 Å². The van der Waals surface area contributed by atoms with Crippen LogP contribution in [0.5, 0.6) is 0 Å². The molecule has 0 aliphatic carbocycles. The molecule has 2 heterocycles. The van der Waals surface area contributed by atoms with Gasteiger partial charge in [-0.05, 0) is 58.1 Å². The van der Waals surface area contributed by atoms with E-state index in [0.29, 0.717) is 0 Å². The minimum absolute atomic E-state index is 0.887. The number of rotatable bonds is 10. The molecule has 0 aliphatic heterocycles. The van der Waals surface area contributed by atoms with Crippen LogP contribution in [0.4, 0.5) is 5.82 Å². The summed E-state index contributed by atoms with van der Waals surface area (Å²) in [7, 11) is 4.22. The van der Waals surface area contributed by atoms with Crippen LogP contribution in [-0.2, 0) is 0 Å². The monoisotopic (exact) mass is 315 g/mol. The highest BCUT2D eigenvalue weighted by atomic mass is 15.3. The lowest BCUT2D eigenvalue weighted by atomic mass is 10.2. The van der Waals surface area contributed by atoms with E-state index in [1.165, 1.54) is 19.3 Å². The molecule has 0 saturated heterocycles. The third-order valence-corrected chi connectivity index (χ3v) is 3.74. The Morgan fingerprint density at radius 1 is 1.22 bits per heavy atom. The largest absolute Gasteiger partial charge is 0.369 e. The molecular formula is C18H29N5. The maximum absolute atomic E-state index is 4.65. The van der Waals surface area contributed by atoms with E-state index in [9.17, 15) is 0 Å². The van der Waals surface area contributed by atoms with Gasteiger partial charge in [0.05, 0.1) is 11.9 Å². The Morgan fingerprint density at radius 3 is 2.87 bits per heavy atom. The molecule has 2 aromatic heterocycles. The van der Waals surface area contributed by atoms with Crippen molar-refractivity contribution in [3.8, 4) is 0 Å². The van der Waals surface area contributed by atoms with Crippen molar-refractivity contribution in [2.75, 3.05) is 32.5 Å². The molecule has 126 valence electrons. The number of fused-ring (bicyclic) bond motifs is 1. The molecule has 0 atom stereocenters. The molecule has 1 N–H and O–H groups in total. The van der Waals surface area contributed by atoms with Crippen LogP contribution < -0.4 is 5.32 Å². The Labute approximate surface area is 139 Å². The molecule has 23 heavy (non-hydrogen) atoms. The number of allylic oxidation sites excluding steroid dienone is 1. The summed E-state index contributed by atoms with van der Waals surface area (Å²) in [6.45, 7) is 4.28. The van der Waals surface area contributed by atoms with E-state index >= 15 is 0 Å². The molecule has 0 unspecified atom stereocenters. The highest BCUT2D eigenvalue weighted by Gasteiger charge is 2.03. The summed E-state index contributed by atoms with van der Waals surface area (Å²) < 4.78 is 1.91. The smallest absolute Gasteiger partial charge is 0.154 e. The predicted molar refractivity (Wildman–Crippen MR) is 97.8 cm³/mol. The van der Waals surface area contributed by atoms with Gasteiger partial charge in [-0.25, -0.2) is 9.50 Å². The topological polar surface area (TPSA) is 45.5 Å². The third-order valence-electron chi connectivity index (χ3n) is 3.74. The fraction of sp³-hybridized carbons (Fsp3) is 0.556. The molecule has 2 rings (SSSR count). The second-order valence-corrected chi connectivity index (χ2v) is 6.15. The van der Waals surface area contributed by atoms with Crippen molar-refractivity contribution in [3.05, 3.63) is 30.1 Å². The fourth-order valence-electron chi connectivity index (χ4n) is 2.39. The van der Waals surface area contributed by atoms with Crippen molar-refractivity contribution < 1.29 is 0 Å². The Balaban J connectivity index is 1.93. The van der Waals surface area contributed by atoms with E-state index in [4.69, 9.17) is 0 Å². The zero-order valence-electron chi connectivity index (χ0n) is 14.6. The zero-order valence-corrected chi connectivity index (χ0v) is 14.6. The second kappa shape index (κ2) is 9.30. The van der Waals surface area contributed by atoms with Crippen molar-refractivity contribution >= 4 is 17.5 Å². The number of imidazole rings is 1. The van der Waals surface area contributed by atoms with Crippen molar-refractivity contribution in [1.29, 1.82) is 0 Å². The normalized spacial score (nSPS) is 11.8. The average molecular weight is 315 g/mol. The second-order valence-electron chi connectivity index (χ2n) is 6.15. The van der Waals surface area contributed by atoms with Crippen LogP contribution >= 0.6 is 0 Å². The summed E-state index contributed by atoms with van der Waals surface area (Å²) in [5.41, 5.74) is 1.92. The first kappa shape index (κ1) is 17.5. The summed E-state index contributed by atoms with van der Waals surface area (Å²) in [4.78, 5) is 6.62. The Kier molecular flexibility index (Phi) is 7.07. The molecule has 0 spiro atoms. The predicted octanol–water partition coefficient (Wildman–Crippen LogP) is 3.69. The summed E-state index contributed by atoms with van der Waals surface area (Å²) in [6, 6.07) is 4.01. The van der Waals surface area contributed by atoms with Crippen molar-refractivity contribution in [2.24, 2.45) is 0 Å². The molecule has 0 amide bonds. The minimum Gasteiger partial charge on any atom is -0.369 e. The van der Waals surface area contributed by atoms with Gasteiger partial charge in [0.2, 0.25) is 0 Å². The first-order valence-electron chi connectivity index (χ1n) is 8.60. The lowest BCUT2D eigenvalue weighted by Crippen LogP contribution is -2.14. The third kappa shape index (κ3) is 5.67. The Hall–Kier alpha value is -1.88. The van der Waals surface area contributed by atoms with Gasteiger partial charge in [0.15, 0.2) is 5.65 Å². The molecule has 0 fully saturated rings. The summed E-state index contributed by atoms with van der Waals surface area (Å²) in [6.07, 6.45) is 12.1. The summed E-state index contributed by atoms with van der Waals surface area (Å²) in [5.74, 6) is 0.906. The number of nitrogens with one attached hydrogen (secondary N) is 1. The molecule has 5 nitrogen and oxygen atoms in total. The van der Waals surface area contributed by atoms with E-state index in [0.717, 1.165) is 43.1 Å². The van der Waals surface area contributed by atoms with E-state index in [1.54, 1.807) is 0 Å². The van der Waals surface area contributed by atoms with Crippen LogP contribution in [0.1, 0.15) is 44.7 Å². The average Bonchev–Trinajstić information content (AvgIpc) is 2.93. The van der Waals surface area contributed by atoms with E-state index in [1.807, 2.05) is 22.8 Å². The maximum Gasteiger partial charge on any atom is 0.154 e. The van der Waals surface area contributed by atoms with Crippen molar-refractivity contribution in [2.45, 2.75) is 39.0 Å². The van der Waals surface area contributed by atoms with Gasteiger partial charge in [0, 0.05) is 6.54 Å². The number of unbranched alkanes of at least 4 members (excludes halogenated alkanes) is 3. The van der Waals surface area contributed by atoms with E-state index in [-0.39, 0.29) is 0 Å². The van der Waals surface area contributed by atoms with Crippen LogP contribution in [0, 0.1) is 0 Å². The van der Waals surface area contributed by atoms with Crippen LogP contribution in [0.2, 0.25) is 0 Å². The van der Waals surface area contributed by atoms with Gasteiger partial charge < -0.3 is 10.2 Å². The number of hydrogen-bond donors (Lipinski definition) is 1. The van der Waals surface area contributed by atoms with Gasteiger partial charge in [-0.2, -0.15) is 0 Å². The fourth-order valence-corrected chi connectivity index (χ4v) is 2.39. The first-order chi connectivity index (χ1) is 11.2. The quantitative estimate of drug-likeness (QED) is 0.679. The highest BCUT2D eigenvalue weighted by Crippen LogP contribution is 2.11. The SMILES string of the molecule is CCCC/C=C/c1cnc2ccc(NCCCCN(C)C)nn12. The number of aromatic nitrogens is 3. The van der Waals surface area contributed by atoms with Gasteiger partial charge in [-0.3, -0.25) is 0 Å².